The van der Waals surface area contributed by atoms with E-state index in [1.54, 1.807) is 6.20 Å². The third-order valence-corrected chi connectivity index (χ3v) is 5.18. The van der Waals surface area contributed by atoms with E-state index in [2.05, 4.69) is 33.1 Å². The Hall–Kier alpha value is -1.66. The van der Waals surface area contributed by atoms with Crippen molar-refractivity contribution < 1.29 is 4.79 Å². The minimum absolute atomic E-state index is 0.0963. The van der Waals surface area contributed by atoms with Crippen molar-refractivity contribution in [2.45, 2.75) is 32.4 Å². The van der Waals surface area contributed by atoms with E-state index < -0.39 is 0 Å². The molecule has 1 aromatic heterocycles. The molecule has 0 saturated carbocycles. The predicted molar refractivity (Wildman–Crippen MR) is 94.8 cm³/mol. The summed E-state index contributed by atoms with van der Waals surface area (Å²) in [4.78, 5) is 23.3. The Balaban J connectivity index is 1.39. The van der Waals surface area contributed by atoms with E-state index in [-0.39, 0.29) is 6.03 Å². The first-order chi connectivity index (χ1) is 11.8. The summed E-state index contributed by atoms with van der Waals surface area (Å²) in [6, 6.07) is 4.69. The summed E-state index contributed by atoms with van der Waals surface area (Å²) in [5.41, 5.74) is 1.23. The molecule has 24 heavy (non-hydrogen) atoms. The summed E-state index contributed by atoms with van der Waals surface area (Å²) < 4.78 is 0. The van der Waals surface area contributed by atoms with Gasteiger partial charge in [0.15, 0.2) is 0 Å². The van der Waals surface area contributed by atoms with Gasteiger partial charge in [0.2, 0.25) is 0 Å². The van der Waals surface area contributed by atoms with Gasteiger partial charge in [0.1, 0.15) is 0 Å². The number of urea groups is 1. The topological polar surface area (TPSA) is 51.7 Å². The van der Waals surface area contributed by atoms with Gasteiger partial charge in [0.05, 0.1) is 0 Å². The lowest BCUT2D eigenvalue weighted by atomic mass is 10.2. The van der Waals surface area contributed by atoms with Gasteiger partial charge in [-0.1, -0.05) is 13.0 Å². The van der Waals surface area contributed by atoms with Crippen LogP contribution >= 0.6 is 0 Å². The molecule has 0 unspecified atom stereocenters. The molecule has 6 nitrogen and oxygen atoms in total. The highest BCUT2D eigenvalue weighted by Crippen LogP contribution is 2.15. The minimum atomic E-state index is 0.0963. The first kappa shape index (κ1) is 17.2. The van der Waals surface area contributed by atoms with Gasteiger partial charge in [0.25, 0.3) is 0 Å². The van der Waals surface area contributed by atoms with Gasteiger partial charge in [-0.05, 0) is 37.6 Å². The number of amides is 2. The zero-order valence-corrected chi connectivity index (χ0v) is 14.7. The van der Waals surface area contributed by atoms with Crippen LogP contribution in [0.5, 0.6) is 0 Å². The quantitative estimate of drug-likeness (QED) is 0.886. The van der Waals surface area contributed by atoms with E-state index in [0.717, 1.165) is 45.8 Å². The van der Waals surface area contributed by atoms with Gasteiger partial charge in [-0.15, -0.1) is 0 Å². The van der Waals surface area contributed by atoms with Gasteiger partial charge >= 0.3 is 6.03 Å². The number of likely N-dealkylation sites (N-methyl/N-ethyl adjacent to an activating group) is 1. The highest BCUT2D eigenvalue weighted by molar-refractivity contribution is 5.74. The van der Waals surface area contributed by atoms with Gasteiger partial charge < -0.3 is 10.2 Å². The molecule has 1 atom stereocenters. The molecule has 2 aliphatic heterocycles. The molecule has 0 aromatic carbocycles. The van der Waals surface area contributed by atoms with Crippen LogP contribution in [0.25, 0.3) is 0 Å². The van der Waals surface area contributed by atoms with Crippen molar-refractivity contribution >= 4 is 6.03 Å². The molecule has 1 aromatic rings. The SMILES string of the molecule is CCN1CCC[C@@H]1CNC(=O)N1CCN(Cc2cccnc2)CC1. The normalized spacial score (nSPS) is 22.7. The molecule has 132 valence electrons. The number of hydrogen-bond acceptors (Lipinski definition) is 4. The molecule has 0 aliphatic carbocycles. The summed E-state index contributed by atoms with van der Waals surface area (Å²) >= 11 is 0. The standard InChI is InChI=1S/C18H29N5O/c1-2-22-8-4-6-17(22)14-20-18(24)23-11-9-21(10-12-23)15-16-5-3-7-19-13-16/h3,5,7,13,17H,2,4,6,8-12,14-15H2,1H3,(H,20,24)/t17-/m1/s1. The van der Waals surface area contributed by atoms with Crippen LogP contribution in [-0.2, 0) is 6.54 Å². The Morgan fingerprint density at radius 1 is 1.29 bits per heavy atom. The van der Waals surface area contributed by atoms with E-state index in [1.807, 2.05) is 17.2 Å². The second-order valence-electron chi connectivity index (χ2n) is 6.74. The second kappa shape index (κ2) is 8.44. The molecule has 2 saturated heterocycles. The fourth-order valence-electron chi connectivity index (χ4n) is 3.72. The van der Waals surface area contributed by atoms with Crippen LogP contribution in [-0.4, -0.2) is 77.6 Å². The van der Waals surface area contributed by atoms with Crippen molar-refractivity contribution in [2.75, 3.05) is 45.8 Å². The lowest BCUT2D eigenvalue weighted by molar-refractivity contribution is 0.133. The van der Waals surface area contributed by atoms with Crippen molar-refractivity contribution in [2.24, 2.45) is 0 Å². The maximum absolute atomic E-state index is 12.4. The fourth-order valence-corrected chi connectivity index (χ4v) is 3.72. The number of nitrogens with one attached hydrogen (secondary N) is 1. The number of piperazine rings is 1. The number of nitrogens with zero attached hydrogens (tertiary/aromatic N) is 4. The van der Waals surface area contributed by atoms with Gasteiger partial charge in [-0.2, -0.15) is 0 Å². The Morgan fingerprint density at radius 2 is 2.12 bits per heavy atom. The van der Waals surface area contributed by atoms with E-state index in [1.165, 1.54) is 24.9 Å². The van der Waals surface area contributed by atoms with Crippen molar-refractivity contribution in [3.8, 4) is 0 Å². The zero-order valence-electron chi connectivity index (χ0n) is 14.7. The minimum Gasteiger partial charge on any atom is -0.336 e. The molecule has 2 amide bonds. The Labute approximate surface area is 144 Å². The molecule has 2 aliphatic rings. The number of pyridine rings is 1. The molecule has 2 fully saturated rings. The van der Waals surface area contributed by atoms with Crippen LogP contribution in [0.3, 0.4) is 0 Å². The van der Waals surface area contributed by atoms with Gasteiger partial charge in [-0.25, -0.2) is 4.79 Å². The molecule has 0 spiro atoms. The lowest BCUT2D eigenvalue weighted by Crippen LogP contribution is -2.53. The maximum Gasteiger partial charge on any atom is 0.317 e. The molecular formula is C18H29N5O. The largest absolute Gasteiger partial charge is 0.336 e. The third-order valence-electron chi connectivity index (χ3n) is 5.18. The lowest BCUT2D eigenvalue weighted by Gasteiger charge is -2.35. The molecule has 6 heteroatoms. The highest BCUT2D eigenvalue weighted by Gasteiger charge is 2.25. The summed E-state index contributed by atoms with van der Waals surface area (Å²) in [5, 5.41) is 3.14. The van der Waals surface area contributed by atoms with Crippen molar-refractivity contribution in [3.05, 3.63) is 30.1 Å². The van der Waals surface area contributed by atoms with Crippen LogP contribution < -0.4 is 5.32 Å². The third kappa shape index (κ3) is 4.45. The molecule has 3 heterocycles. The zero-order chi connectivity index (χ0) is 16.8. The van der Waals surface area contributed by atoms with E-state index in [9.17, 15) is 4.79 Å². The highest BCUT2D eigenvalue weighted by atomic mass is 16.2. The number of rotatable bonds is 5. The summed E-state index contributed by atoms with van der Waals surface area (Å²) in [7, 11) is 0. The number of aromatic nitrogens is 1. The summed E-state index contributed by atoms with van der Waals surface area (Å²) in [6.45, 7) is 9.58. The van der Waals surface area contributed by atoms with Gasteiger partial charge in [0, 0.05) is 57.7 Å². The first-order valence-electron chi connectivity index (χ1n) is 9.14. The first-order valence-corrected chi connectivity index (χ1v) is 9.14. The van der Waals surface area contributed by atoms with Crippen LogP contribution in [0.4, 0.5) is 4.79 Å². The van der Waals surface area contributed by atoms with Crippen LogP contribution in [0.1, 0.15) is 25.3 Å². The average molecular weight is 331 g/mol. The van der Waals surface area contributed by atoms with Crippen LogP contribution in [0, 0.1) is 0 Å². The maximum atomic E-state index is 12.4. The van der Waals surface area contributed by atoms with Crippen LogP contribution in [0.2, 0.25) is 0 Å². The molecule has 0 radical (unpaired) electrons. The van der Waals surface area contributed by atoms with Crippen LogP contribution in [0.15, 0.2) is 24.5 Å². The average Bonchev–Trinajstić information content (AvgIpc) is 3.09. The smallest absolute Gasteiger partial charge is 0.317 e. The second-order valence-corrected chi connectivity index (χ2v) is 6.74. The van der Waals surface area contributed by atoms with Crippen molar-refractivity contribution in [1.82, 2.24) is 25.0 Å². The number of carbonyl (C=O) groups excluding carboxylic acids is 1. The monoisotopic (exact) mass is 331 g/mol. The van der Waals surface area contributed by atoms with Crippen molar-refractivity contribution in [3.63, 3.8) is 0 Å². The Bertz CT molecular complexity index is 515. The number of likely N-dealkylation sites (tertiary alicyclic amines) is 1. The molecular weight excluding hydrogens is 302 g/mol. The molecule has 3 rings (SSSR count). The fraction of sp³-hybridized carbons (Fsp3) is 0.667. The summed E-state index contributed by atoms with van der Waals surface area (Å²) in [6.07, 6.45) is 6.17. The van der Waals surface area contributed by atoms with Crippen molar-refractivity contribution in [1.29, 1.82) is 0 Å². The number of hydrogen-bond donors (Lipinski definition) is 1. The van der Waals surface area contributed by atoms with E-state index >= 15 is 0 Å². The van der Waals surface area contributed by atoms with Gasteiger partial charge in [-0.3, -0.25) is 14.8 Å². The summed E-state index contributed by atoms with van der Waals surface area (Å²) in [5.74, 6) is 0. The van der Waals surface area contributed by atoms with E-state index in [0.29, 0.717) is 6.04 Å². The Kier molecular flexibility index (Phi) is 6.04. The Morgan fingerprint density at radius 3 is 2.83 bits per heavy atom. The number of carbonyl (C=O) groups is 1. The molecule has 1 N–H and O–H groups in total. The predicted octanol–water partition coefficient (Wildman–Crippen LogP) is 1.39. The molecule has 0 bridgehead atoms. The van der Waals surface area contributed by atoms with E-state index in [4.69, 9.17) is 0 Å².